The van der Waals surface area contributed by atoms with Gasteiger partial charge in [0, 0.05) is 51.3 Å². The van der Waals surface area contributed by atoms with E-state index >= 15 is 0 Å². The second-order valence-corrected chi connectivity index (χ2v) is 24.0. The van der Waals surface area contributed by atoms with Crippen LogP contribution in [0.2, 0.25) is 0 Å². The van der Waals surface area contributed by atoms with E-state index in [9.17, 15) is 0 Å². The highest BCUT2D eigenvalue weighted by molar-refractivity contribution is 6.09. The van der Waals surface area contributed by atoms with Crippen molar-refractivity contribution >= 4 is 44.6 Å². The molecule has 0 saturated heterocycles. The summed E-state index contributed by atoms with van der Waals surface area (Å²) in [6.45, 7) is 30.6. The average Bonchev–Trinajstić information content (AvgIpc) is 3.89. The van der Waals surface area contributed by atoms with Crippen molar-refractivity contribution in [1.82, 2.24) is 9.55 Å². The minimum Gasteiger partial charge on any atom is -0.457 e. The number of hydrogen-bond acceptors (Lipinski definition) is 4. The second kappa shape index (κ2) is 17.3. The van der Waals surface area contributed by atoms with Gasteiger partial charge in [0.2, 0.25) is 0 Å². The third kappa shape index (κ3) is 8.90. The lowest BCUT2D eigenvalue weighted by molar-refractivity contribution is 0.479. The van der Waals surface area contributed by atoms with Crippen LogP contribution in [-0.4, -0.2) is 16.2 Å². The Morgan fingerprint density at radius 3 is 1.54 bits per heavy atom. The van der Waals surface area contributed by atoms with Crippen molar-refractivity contribution in [3.05, 3.63) is 215 Å². The van der Waals surface area contributed by atoms with Crippen molar-refractivity contribution in [3.8, 4) is 17.3 Å². The molecule has 2 aromatic heterocycles. The van der Waals surface area contributed by atoms with Crippen LogP contribution < -0.4 is 14.5 Å². The van der Waals surface area contributed by atoms with Gasteiger partial charge in [-0.15, -0.1) is 0 Å². The lowest BCUT2D eigenvalue weighted by atomic mass is 9.73. The Labute approximate surface area is 422 Å². The Morgan fingerprint density at radius 2 is 0.915 bits per heavy atom. The molecule has 1 aliphatic heterocycles. The number of rotatable bonds is 9. The molecule has 0 radical (unpaired) electrons. The third-order valence-corrected chi connectivity index (χ3v) is 15.2. The van der Waals surface area contributed by atoms with Gasteiger partial charge >= 0.3 is 0 Å². The van der Waals surface area contributed by atoms with Gasteiger partial charge in [0.15, 0.2) is 0 Å². The average molecular weight is 935 g/mol. The highest BCUT2D eigenvalue weighted by atomic mass is 16.5. The molecule has 360 valence electrons. The molecule has 0 N–H and O–H groups in total. The third-order valence-electron chi connectivity index (χ3n) is 15.2. The minimum absolute atomic E-state index is 0.0206. The van der Waals surface area contributed by atoms with Crippen LogP contribution in [0.25, 0.3) is 27.6 Å². The van der Waals surface area contributed by atoms with Crippen LogP contribution in [0.1, 0.15) is 129 Å². The Hall–Kier alpha value is -7.11. The number of aromatic nitrogens is 2. The topological polar surface area (TPSA) is 33.5 Å². The fourth-order valence-electron chi connectivity index (χ4n) is 10.3. The predicted octanol–water partition coefficient (Wildman–Crippen LogP) is 17.8. The Morgan fingerprint density at radius 1 is 0.380 bits per heavy atom. The lowest BCUT2D eigenvalue weighted by Gasteiger charge is -2.33. The zero-order chi connectivity index (χ0) is 50.3. The molecular formula is C66H70N4O. The lowest BCUT2D eigenvalue weighted by Crippen LogP contribution is -2.27. The molecule has 1 aliphatic rings. The summed E-state index contributed by atoms with van der Waals surface area (Å²) in [5.41, 5.74) is 14.9. The molecule has 9 aromatic rings. The Balaban J connectivity index is 1.11. The number of anilines is 4. The molecule has 0 unspecified atom stereocenters. The summed E-state index contributed by atoms with van der Waals surface area (Å²) < 4.78 is 9.37. The summed E-state index contributed by atoms with van der Waals surface area (Å²) in [7, 11) is 0. The predicted molar refractivity (Wildman–Crippen MR) is 300 cm³/mol. The van der Waals surface area contributed by atoms with Gasteiger partial charge in [-0.05, 0) is 122 Å². The molecule has 0 bridgehead atoms. The first-order chi connectivity index (χ1) is 33.6. The van der Waals surface area contributed by atoms with Crippen molar-refractivity contribution in [1.29, 1.82) is 0 Å². The highest BCUT2D eigenvalue weighted by Crippen LogP contribution is 2.50. The van der Waals surface area contributed by atoms with Crippen LogP contribution in [0.5, 0.6) is 11.5 Å². The minimum atomic E-state index is -0.255. The molecule has 0 aliphatic carbocycles. The van der Waals surface area contributed by atoms with Crippen LogP contribution in [0.4, 0.5) is 22.7 Å². The maximum Gasteiger partial charge on any atom is 0.137 e. The largest absolute Gasteiger partial charge is 0.457 e. The first-order valence-electron chi connectivity index (χ1n) is 25.4. The van der Waals surface area contributed by atoms with E-state index in [-0.39, 0.29) is 27.1 Å². The molecule has 0 amide bonds. The monoisotopic (exact) mass is 935 g/mol. The van der Waals surface area contributed by atoms with Gasteiger partial charge in [0.05, 0.1) is 22.4 Å². The number of hydrogen-bond donors (Lipinski definition) is 0. The molecule has 7 aromatic carbocycles. The van der Waals surface area contributed by atoms with Crippen LogP contribution in [0, 0.1) is 0 Å². The van der Waals surface area contributed by atoms with Crippen molar-refractivity contribution in [2.75, 3.05) is 16.5 Å². The van der Waals surface area contributed by atoms with Crippen LogP contribution in [0.3, 0.4) is 0 Å². The van der Waals surface area contributed by atoms with Crippen molar-refractivity contribution < 1.29 is 4.74 Å². The quantitative estimate of drug-likeness (QED) is 0.144. The summed E-state index contributed by atoms with van der Waals surface area (Å²) in [4.78, 5) is 9.97. The molecule has 0 fully saturated rings. The van der Waals surface area contributed by atoms with E-state index in [1.165, 1.54) is 61.4 Å². The number of fused-ring (bicyclic) bond motifs is 4. The number of ether oxygens (including phenoxy) is 1. The first kappa shape index (κ1) is 47.6. The second-order valence-electron chi connectivity index (χ2n) is 24.0. The molecule has 0 atom stereocenters. The van der Waals surface area contributed by atoms with E-state index < -0.39 is 0 Å². The fourth-order valence-corrected chi connectivity index (χ4v) is 10.3. The zero-order valence-corrected chi connectivity index (χ0v) is 44.1. The standard InChI is InChI=1S/C66H70N4O/c1-62(2,3)46-28-31-58-60(39-46)69(43-68(58)51-36-49(65(10,11)44-22-16-14-17-23-44)34-50(37-51)66(12,13)45-24-18-15-19-25-45)52-35-48(64(7,8)9)38-54(41-52)71-53-29-30-56-55-26-20-21-27-57(55)70(59(56)42-53)61-40-47(32-33-67-61)63(4,5)6/h14-42H,43H2,1-13H3. The van der Waals surface area contributed by atoms with E-state index in [1.807, 2.05) is 6.20 Å². The van der Waals surface area contributed by atoms with Gasteiger partial charge < -0.3 is 14.5 Å². The van der Waals surface area contributed by atoms with E-state index in [2.05, 4.69) is 274 Å². The van der Waals surface area contributed by atoms with Gasteiger partial charge in [-0.25, -0.2) is 4.98 Å². The molecule has 5 nitrogen and oxygen atoms in total. The highest BCUT2D eigenvalue weighted by Gasteiger charge is 2.35. The van der Waals surface area contributed by atoms with E-state index in [4.69, 9.17) is 9.72 Å². The van der Waals surface area contributed by atoms with Gasteiger partial charge in [0.25, 0.3) is 0 Å². The normalized spacial score (nSPS) is 13.6. The maximum absolute atomic E-state index is 7.08. The summed E-state index contributed by atoms with van der Waals surface area (Å²) in [6.07, 6.45) is 1.94. The summed E-state index contributed by atoms with van der Waals surface area (Å²) in [5, 5.41) is 2.35. The first-order valence-corrected chi connectivity index (χ1v) is 25.4. The Kier molecular flexibility index (Phi) is 11.6. The number of pyridine rings is 1. The van der Waals surface area contributed by atoms with E-state index in [1.54, 1.807) is 0 Å². The summed E-state index contributed by atoms with van der Waals surface area (Å²) in [5.74, 6) is 2.47. The fraction of sp³-hybridized carbons (Fsp3) is 0.288. The number of nitrogens with zero attached hydrogens (tertiary/aromatic N) is 4. The summed E-state index contributed by atoms with van der Waals surface area (Å²) in [6, 6.07) is 62.6. The summed E-state index contributed by atoms with van der Waals surface area (Å²) >= 11 is 0. The van der Waals surface area contributed by atoms with Gasteiger partial charge in [-0.1, -0.05) is 181 Å². The van der Waals surface area contributed by atoms with E-state index in [0.29, 0.717) is 6.67 Å². The molecule has 0 saturated carbocycles. The zero-order valence-electron chi connectivity index (χ0n) is 44.1. The molecule has 0 spiro atoms. The number of para-hydroxylation sites is 1. The molecule has 3 heterocycles. The van der Waals surface area contributed by atoms with Crippen molar-refractivity contribution in [2.45, 2.75) is 117 Å². The smallest absolute Gasteiger partial charge is 0.137 e. The van der Waals surface area contributed by atoms with Crippen LogP contribution >= 0.6 is 0 Å². The van der Waals surface area contributed by atoms with Crippen LogP contribution in [0.15, 0.2) is 176 Å². The van der Waals surface area contributed by atoms with Gasteiger partial charge in [-0.3, -0.25) is 4.57 Å². The van der Waals surface area contributed by atoms with Gasteiger partial charge in [-0.2, -0.15) is 0 Å². The number of benzene rings is 7. The van der Waals surface area contributed by atoms with Gasteiger partial charge in [0.1, 0.15) is 24.0 Å². The van der Waals surface area contributed by atoms with Crippen molar-refractivity contribution in [3.63, 3.8) is 0 Å². The van der Waals surface area contributed by atoms with Crippen LogP contribution in [-0.2, 0) is 27.1 Å². The molecule has 10 rings (SSSR count). The SMILES string of the molecule is CC(C)(C)c1cc(Oc2ccc3c4ccccc4n(-c4cc(C(C)(C)C)ccn4)c3c2)cc(N2CN(c3cc(C(C)(C)c4ccccc4)cc(C(C)(C)c4ccccc4)c3)c3ccc(C(C)(C)C)cc32)c1. The van der Waals surface area contributed by atoms with E-state index in [0.717, 1.165) is 39.4 Å². The maximum atomic E-state index is 7.08. The molecule has 5 heteroatoms. The Bertz CT molecular complexity index is 3360. The van der Waals surface area contributed by atoms with Crippen molar-refractivity contribution in [2.24, 2.45) is 0 Å². The molecular weight excluding hydrogens is 865 g/mol. The molecule has 71 heavy (non-hydrogen) atoms.